The van der Waals surface area contributed by atoms with E-state index in [0.29, 0.717) is 18.5 Å². The van der Waals surface area contributed by atoms with Crippen LogP contribution in [0.2, 0.25) is 0 Å². The summed E-state index contributed by atoms with van der Waals surface area (Å²) in [7, 11) is 3.56. The number of anilines is 1. The van der Waals surface area contributed by atoms with Crippen molar-refractivity contribution in [3.8, 4) is 0 Å². The number of nitrogens with one attached hydrogen (secondary N) is 1. The molecule has 2 N–H and O–H groups in total. The third kappa shape index (κ3) is 3.74. The Balaban J connectivity index is 2.83. The maximum Gasteiger partial charge on any atom is 0.255 e. The Kier molecular flexibility index (Phi) is 5.16. The summed E-state index contributed by atoms with van der Waals surface area (Å²) in [6.45, 7) is 4.27. The second-order valence-electron chi connectivity index (χ2n) is 4.66. The summed E-state index contributed by atoms with van der Waals surface area (Å²) in [5.41, 5.74) is 2.61. The van der Waals surface area contributed by atoms with E-state index in [1.165, 1.54) is 0 Å². The quantitative estimate of drug-likeness (QED) is 0.839. The molecule has 1 aromatic carbocycles. The van der Waals surface area contributed by atoms with Gasteiger partial charge in [0, 0.05) is 26.3 Å². The molecule has 18 heavy (non-hydrogen) atoms. The molecule has 1 unspecified atom stereocenters. The highest BCUT2D eigenvalue weighted by Crippen LogP contribution is 2.18. The van der Waals surface area contributed by atoms with Crippen LogP contribution in [0, 0.1) is 6.92 Å². The lowest BCUT2D eigenvalue weighted by Gasteiger charge is -2.20. The van der Waals surface area contributed by atoms with E-state index in [9.17, 15) is 9.90 Å². The number of aliphatic hydroxyl groups is 1. The minimum Gasteiger partial charge on any atom is -0.393 e. The molecule has 100 valence electrons. The zero-order valence-corrected chi connectivity index (χ0v) is 11.5. The van der Waals surface area contributed by atoms with Crippen LogP contribution in [0.3, 0.4) is 0 Å². The number of carbonyl (C=O) groups excluding carboxylic acids is 1. The molecule has 0 radical (unpaired) electrons. The summed E-state index contributed by atoms with van der Waals surface area (Å²) in [4.78, 5) is 13.9. The summed E-state index contributed by atoms with van der Waals surface area (Å²) < 4.78 is 0. The summed E-state index contributed by atoms with van der Waals surface area (Å²) in [5, 5.41) is 12.3. The Morgan fingerprint density at radius 1 is 1.50 bits per heavy atom. The standard InChI is InChI=1S/C14H22N2O2/c1-10-5-6-12(13(9-10)15-3)14(18)16(4)8-7-11(2)17/h5-6,9,11,15,17H,7-8H2,1-4H3. The molecule has 0 saturated heterocycles. The second kappa shape index (κ2) is 6.40. The smallest absolute Gasteiger partial charge is 0.255 e. The zero-order chi connectivity index (χ0) is 13.7. The van der Waals surface area contributed by atoms with Crippen LogP contribution >= 0.6 is 0 Å². The van der Waals surface area contributed by atoms with Gasteiger partial charge in [-0.1, -0.05) is 6.07 Å². The van der Waals surface area contributed by atoms with Crippen LogP contribution in [-0.2, 0) is 0 Å². The van der Waals surface area contributed by atoms with Gasteiger partial charge in [0.25, 0.3) is 5.91 Å². The van der Waals surface area contributed by atoms with Crippen molar-refractivity contribution in [3.05, 3.63) is 29.3 Å². The fraction of sp³-hybridized carbons (Fsp3) is 0.500. The Hall–Kier alpha value is -1.55. The molecule has 1 aromatic rings. The van der Waals surface area contributed by atoms with Crippen molar-refractivity contribution >= 4 is 11.6 Å². The van der Waals surface area contributed by atoms with Crippen molar-refractivity contribution in [2.45, 2.75) is 26.4 Å². The summed E-state index contributed by atoms with van der Waals surface area (Å²) >= 11 is 0. The second-order valence-corrected chi connectivity index (χ2v) is 4.66. The normalized spacial score (nSPS) is 12.1. The van der Waals surface area contributed by atoms with Crippen molar-refractivity contribution < 1.29 is 9.90 Å². The molecule has 4 heteroatoms. The van der Waals surface area contributed by atoms with Crippen molar-refractivity contribution in [3.63, 3.8) is 0 Å². The lowest BCUT2D eigenvalue weighted by molar-refractivity contribution is 0.0770. The summed E-state index contributed by atoms with van der Waals surface area (Å²) in [5.74, 6) is -0.0278. The Bertz CT molecular complexity index is 416. The minimum atomic E-state index is -0.387. The number of carbonyl (C=O) groups is 1. The molecule has 0 aliphatic carbocycles. The summed E-state index contributed by atoms with van der Waals surface area (Å²) in [6, 6.07) is 5.72. The number of aryl methyl sites for hydroxylation is 1. The van der Waals surface area contributed by atoms with Gasteiger partial charge in [-0.3, -0.25) is 4.79 Å². The van der Waals surface area contributed by atoms with Gasteiger partial charge in [-0.05, 0) is 38.0 Å². The molecule has 1 atom stereocenters. The first kappa shape index (κ1) is 14.5. The highest BCUT2D eigenvalue weighted by Gasteiger charge is 2.15. The molecular formula is C14H22N2O2. The van der Waals surface area contributed by atoms with Gasteiger partial charge >= 0.3 is 0 Å². The van der Waals surface area contributed by atoms with Crippen molar-refractivity contribution in [2.75, 3.05) is 26.0 Å². The van der Waals surface area contributed by atoms with E-state index in [1.807, 2.05) is 25.1 Å². The third-order valence-corrected chi connectivity index (χ3v) is 2.90. The summed E-state index contributed by atoms with van der Waals surface area (Å²) in [6.07, 6.45) is 0.199. The molecule has 0 spiro atoms. The molecule has 1 amide bonds. The average Bonchev–Trinajstić information content (AvgIpc) is 2.34. The molecule has 1 rings (SSSR count). The average molecular weight is 250 g/mol. The van der Waals surface area contributed by atoms with E-state index in [1.54, 1.807) is 25.9 Å². The molecule has 0 heterocycles. The Morgan fingerprint density at radius 3 is 2.72 bits per heavy atom. The number of benzene rings is 1. The van der Waals surface area contributed by atoms with E-state index in [-0.39, 0.29) is 12.0 Å². The van der Waals surface area contributed by atoms with Crippen LogP contribution < -0.4 is 5.32 Å². The Morgan fingerprint density at radius 2 is 2.17 bits per heavy atom. The van der Waals surface area contributed by atoms with Gasteiger partial charge < -0.3 is 15.3 Å². The molecule has 0 saturated carbocycles. The van der Waals surface area contributed by atoms with E-state index in [2.05, 4.69) is 5.32 Å². The van der Waals surface area contributed by atoms with Crippen LogP contribution in [0.4, 0.5) is 5.69 Å². The van der Waals surface area contributed by atoms with E-state index >= 15 is 0 Å². The van der Waals surface area contributed by atoms with Gasteiger partial charge in [-0.25, -0.2) is 0 Å². The fourth-order valence-electron chi connectivity index (χ4n) is 1.74. The van der Waals surface area contributed by atoms with Crippen LogP contribution in [0.1, 0.15) is 29.3 Å². The van der Waals surface area contributed by atoms with Gasteiger partial charge in [-0.2, -0.15) is 0 Å². The molecule has 0 aliphatic heterocycles. The van der Waals surface area contributed by atoms with Gasteiger partial charge in [0.2, 0.25) is 0 Å². The molecule has 0 aromatic heterocycles. The van der Waals surface area contributed by atoms with E-state index in [4.69, 9.17) is 0 Å². The lowest BCUT2D eigenvalue weighted by atomic mass is 10.1. The van der Waals surface area contributed by atoms with Gasteiger partial charge in [0.15, 0.2) is 0 Å². The van der Waals surface area contributed by atoms with Gasteiger partial charge in [0.05, 0.1) is 11.7 Å². The molecular weight excluding hydrogens is 228 g/mol. The van der Waals surface area contributed by atoms with Crippen LogP contribution in [0.25, 0.3) is 0 Å². The number of hydrogen-bond acceptors (Lipinski definition) is 3. The van der Waals surface area contributed by atoms with Crippen LogP contribution in [0.5, 0.6) is 0 Å². The van der Waals surface area contributed by atoms with Crippen LogP contribution in [0.15, 0.2) is 18.2 Å². The fourth-order valence-corrected chi connectivity index (χ4v) is 1.74. The molecule has 4 nitrogen and oxygen atoms in total. The van der Waals surface area contributed by atoms with E-state index < -0.39 is 0 Å². The van der Waals surface area contributed by atoms with Crippen molar-refractivity contribution in [1.29, 1.82) is 0 Å². The van der Waals surface area contributed by atoms with Gasteiger partial charge in [0.1, 0.15) is 0 Å². The number of amides is 1. The maximum absolute atomic E-state index is 12.3. The Labute approximate surface area is 109 Å². The number of rotatable bonds is 5. The van der Waals surface area contributed by atoms with Gasteiger partial charge in [-0.15, -0.1) is 0 Å². The van der Waals surface area contributed by atoms with Crippen LogP contribution in [-0.4, -0.2) is 42.7 Å². The third-order valence-electron chi connectivity index (χ3n) is 2.90. The number of aliphatic hydroxyl groups excluding tert-OH is 1. The van der Waals surface area contributed by atoms with E-state index in [0.717, 1.165) is 11.3 Å². The monoisotopic (exact) mass is 250 g/mol. The predicted molar refractivity (Wildman–Crippen MR) is 74.0 cm³/mol. The largest absolute Gasteiger partial charge is 0.393 e. The minimum absolute atomic E-state index is 0.0278. The SMILES string of the molecule is CNc1cc(C)ccc1C(=O)N(C)CCC(C)O. The number of hydrogen-bond donors (Lipinski definition) is 2. The first-order chi connectivity index (χ1) is 8.45. The highest BCUT2D eigenvalue weighted by atomic mass is 16.3. The van der Waals surface area contributed by atoms with Crippen molar-refractivity contribution in [2.24, 2.45) is 0 Å². The predicted octanol–water partition coefficient (Wildman–Crippen LogP) is 1.88. The molecule has 0 aliphatic rings. The first-order valence-corrected chi connectivity index (χ1v) is 6.17. The molecule has 0 fully saturated rings. The lowest BCUT2D eigenvalue weighted by Crippen LogP contribution is -2.30. The zero-order valence-electron chi connectivity index (χ0n) is 11.5. The number of nitrogens with zero attached hydrogens (tertiary/aromatic N) is 1. The maximum atomic E-state index is 12.3. The topological polar surface area (TPSA) is 52.6 Å². The molecule has 0 bridgehead atoms. The highest BCUT2D eigenvalue weighted by molar-refractivity contribution is 5.99. The first-order valence-electron chi connectivity index (χ1n) is 6.17. The van der Waals surface area contributed by atoms with Crippen molar-refractivity contribution in [1.82, 2.24) is 4.90 Å².